The van der Waals surface area contributed by atoms with Crippen LogP contribution in [0.3, 0.4) is 0 Å². The van der Waals surface area contributed by atoms with E-state index in [9.17, 15) is 4.79 Å². The molecule has 0 radical (unpaired) electrons. The number of rotatable bonds is 5. The highest BCUT2D eigenvalue weighted by Crippen LogP contribution is 2.32. The van der Waals surface area contributed by atoms with Crippen LogP contribution in [0, 0.1) is 5.92 Å². The van der Waals surface area contributed by atoms with Gasteiger partial charge in [-0.3, -0.25) is 9.78 Å². The number of hydrogen-bond donors (Lipinski definition) is 1. The number of carbonyl (C=O) groups is 1. The van der Waals surface area contributed by atoms with Crippen LogP contribution in [0.5, 0.6) is 0 Å². The van der Waals surface area contributed by atoms with Gasteiger partial charge in [0.15, 0.2) is 11.5 Å². The summed E-state index contributed by atoms with van der Waals surface area (Å²) in [6.45, 7) is 6.58. The molecule has 1 atom stereocenters. The first-order chi connectivity index (χ1) is 16.6. The molecule has 1 aliphatic heterocycles. The van der Waals surface area contributed by atoms with Gasteiger partial charge in [-0.2, -0.15) is 0 Å². The van der Waals surface area contributed by atoms with E-state index in [0.29, 0.717) is 11.6 Å². The Hall–Kier alpha value is -3.59. The van der Waals surface area contributed by atoms with E-state index in [1.807, 2.05) is 29.0 Å². The standard InChI is InChI=1S/C25H27N7O2/c1-3-21-19-11-27-22(28-25(33)16-4-5-16)10-18(19)20(12-26-21)24-29-23-7-6-17(14-32(23)30-24)31-8-9-34-15(2)13-31/h6-7,10-12,14-16H,3-5,8-9,13H2,1-2H3,(H,27,28,33)/t15-/m1/s1. The third-order valence-electron chi connectivity index (χ3n) is 6.55. The maximum atomic E-state index is 12.3. The van der Waals surface area contributed by atoms with E-state index in [1.54, 1.807) is 6.20 Å². The van der Waals surface area contributed by atoms with Crippen molar-refractivity contribution < 1.29 is 9.53 Å². The molecule has 9 nitrogen and oxygen atoms in total. The molecule has 0 spiro atoms. The van der Waals surface area contributed by atoms with Crippen LogP contribution in [0.2, 0.25) is 0 Å². The van der Waals surface area contributed by atoms with E-state index >= 15 is 0 Å². The van der Waals surface area contributed by atoms with Gasteiger partial charge in [0.2, 0.25) is 5.91 Å². The highest BCUT2D eigenvalue weighted by atomic mass is 16.5. The Morgan fingerprint density at radius 1 is 1.21 bits per heavy atom. The second kappa shape index (κ2) is 8.32. The van der Waals surface area contributed by atoms with Gasteiger partial charge in [-0.1, -0.05) is 6.92 Å². The van der Waals surface area contributed by atoms with E-state index in [0.717, 1.165) is 72.3 Å². The molecule has 34 heavy (non-hydrogen) atoms. The van der Waals surface area contributed by atoms with Gasteiger partial charge in [0.1, 0.15) is 5.82 Å². The Bertz CT molecular complexity index is 1400. The summed E-state index contributed by atoms with van der Waals surface area (Å²) in [5, 5.41) is 9.63. The molecule has 1 saturated heterocycles. The number of pyridine rings is 3. The average molecular weight is 458 g/mol. The third kappa shape index (κ3) is 3.86. The van der Waals surface area contributed by atoms with Crippen LogP contribution >= 0.6 is 0 Å². The number of anilines is 2. The lowest BCUT2D eigenvalue weighted by Gasteiger charge is -2.32. The lowest BCUT2D eigenvalue weighted by atomic mass is 10.1. The molecule has 0 unspecified atom stereocenters. The van der Waals surface area contributed by atoms with Crippen molar-refractivity contribution in [2.75, 3.05) is 29.9 Å². The van der Waals surface area contributed by atoms with E-state index in [2.05, 4.69) is 40.1 Å². The molecule has 1 N–H and O–H groups in total. The molecule has 1 aliphatic carbocycles. The molecule has 5 heterocycles. The zero-order valence-electron chi connectivity index (χ0n) is 19.4. The van der Waals surface area contributed by atoms with Crippen molar-refractivity contribution in [3.63, 3.8) is 0 Å². The first-order valence-corrected chi connectivity index (χ1v) is 11.9. The van der Waals surface area contributed by atoms with Crippen LogP contribution < -0.4 is 10.2 Å². The SMILES string of the molecule is CCc1ncc(-c2nc3ccc(N4CCO[C@H](C)C4)cn3n2)c2cc(NC(=O)C3CC3)ncc12. The number of fused-ring (bicyclic) bond motifs is 2. The summed E-state index contributed by atoms with van der Waals surface area (Å²) in [5.74, 6) is 1.29. The smallest absolute Gasteiger partial charge is 0.228 e. The van der Waals surface area contributed by atoms with Crippen molar-refractivity contribution in [3.8, 4) is 11.4 Å². The summed E-state index contributed by atoms with van der Waals surface area (Å²) in [4.78, 5) is 28.5. The Balaban J connectivity index is 1.40. The lowest BCUT2D eigenvalue weighted by molar-refractivity contribution is -0.117. The molecule has 174 valence electrons. The Kier molecular flexibility index (Phi) is 5.13. The van der Waals surface area contributed by atoms with Crippen LogP contribution in [0.15, 0.2) is 36.8 Å². The van der Waals surface area contributed by atoms with E-state index in [-0.39, 0.29) is 17.9 Å². The van der Waals surface area contributed by atoms with Crippen LogP contribution in [-0.2, 0) is 16.0 Å². The van der Waals surface area contributed by atoms with E-state index in [4.69, 9.17) is 14.8 Å². The summed E-state index contributed by atoms with van der Waals surface area (Å²) < 4.78 is 7.49. The minimum Gasteiger partial charge on any atom is -0.375 e. The fraction of sp³-hybridized carbons (Fsp3) is 0.400. The number of morpholine rings is 1. The number of nitrogens with zero attached hydrogens (tertiary/aromatic N) is 6. The molecule has 0 bridgehead atoms. The second-order valence-electron chi connectivity index (χ2n) is 9.10. The van der Waals surface area contributed by atoms with Gasteiger partial charge in [0, 0.05) is 53.4 Å². The van der Waals surface area contributed by atoms with Crippen molar-refractivity contribution in [1.82, 2.24) is 24.6 Å². The van der Waals surface area contributed by atoms with Gasteiger partial charge in [0.25, 0.3) is 0 Å². The summed E-state index contributed by atoms with van der Waals surface area (Å²) in [6.07, 6.45) is 8.52. The number of aromatic nitrogens is 5. The van der Waals surface area contributed by atoms with Crippen molar-refractivity contribution in [1.29, 1.82) is 0 Å². The first-order valence-electron chi connectivity index (χ1n) is 11.9. The molecule has 4 aromatic rings. The average Bonchev–Trinajstić information content (AvgIpc) is 3.62. The van der Waals surface area contributed by atoms with Crippen LogP contribution in [0.4, 0.5) is 11.5 Å². The van der Waals surface area contributed by atoms with Gasteiger partial charge in [-0.25, -0.2) is 14.5 Å². The molecule has 6 rings (SSSR count). The monoisotopic (exact) mass is 457 g/mol. The van der Waals surface area contributed by atoms with Crippen molar-refractivity contribution in [3.05, 3.63) is 42.5 Å². The molecule has 4 aromatic heterocycles. The number of aryl methyl sites for hydroxylation is 1. The summed E-state index contributed by atoms with van der Waals surface area (Å²) >= 11 is 0. The number of ether oxygens (including phenoxy) is 1. The van der Waals surface area contributed by atoms with Crippen LogP contribution in [0.25, 0.3) is 27.8 Å². The first kappa shape index (κ1) is 21.0. The molecule has 9 heteroatoms. The quantitative estimate of drug-likeness (QED) is 0.490. The fourth-order valence-electron chi connectivity index (χ4n) is 4.52. The maximum absolute atomic E-state index is 12.3. The highest BCUT2D eigenvalue weighted by molar-refractivity contribution is 6.00. The Labute approximate surface area is 197 Å². The molecule has 2 aliphatic rings. The van der Waals surface area contributed by atoms with Gasteiger partial charge in [0.05, 0.1) is 24.6 Å². The number of nitrogens with one attached hydrogen (secondary N) is 1. The van der Waals surface area contributed by atoms with E-state index in [1.165, 1.54) is 0 Å². The number of amides is 1. The highest BCUT2D eigenvalue weighted by Gasteiger charge is 2.30. The molecule has 1 amide bonds. The summed E-state index contributed by atoms with van der Waals surface area (Å²) in [6, 6.07) is 5.99. The largest absolute Gasteiger partial charge is 0.375 e. The van der Waals surface area contributed by atoms with Gasteiger partial charge < -0.3 is 15.0 Å². The minimum absolute atomic E-state index is 0.0361. The van der Waals surface area contributed by atoms with Crippen molar-refractivity contribution in [2.45, 2.75) is 39.2 Å². The maximum Gasteiger partial charge on any atom is 0.228 e. The molecule has 1 saturated carbocycles. The molecular weight excluding hydrogens is 430 g/mol. The Morgan fingerprint density at radius 3 is 2.88 bits per heavy atom. The predicted octanol–water partition coefficient (Wildman–Crippen LogP) is 3.48. The van der Waals surface area contributed by atoms with Crippen LogP contribution in [0.1, 0.15) is 32.4 Å². The minimum atomic E-state index is 0.0361. The number of hydrogen-bond acceptors (Lipinski definition) is 7. The predicted molar refractivity (Wildman–Crippen MR) is 130 cm³/mol. The fourth-order valence-corrected chi connectivity index (χ4v) is 4.52. The summed E-state index contributed by atoms with van der Waals surface area (Å²) in [7, 11) is 0. The molecule has 0 aromatic carbocycles. The van der Waals surface area contributed by atoms with Crippen LogP contribution in [-0.4, -0.2) is 56.3 Å². The van der Waals surface area contributed by atoms with Gasteiger partial charge in [-0.05, 0) is 44.4 Å². The lowest BCUT2D eigenvalue weighted by Crippen LogP contribution is -2.41. The summed E-state index contributed by atoms with van der Waals surface area (Å²) in [5.41, 5.74) is 3.64. The topological polar surface area (TPSA) is 97.5 Å². The normalized spacial score (nSPS) is 18.5. The zero-order chi connectivity index (χ0) is 23.2. The zero-order valence-corrected chi connectivity index (χ0v) is 19.4. The van der Waals surface area contributed by atoms with Gasteiger partial charge in [-0.15, -0.1) is 5.10 Å². The van der Waals surface area contributed by atoms with E-state index < -0.39 is 0 Å². The molecular formula is C25H27N7O2. The third-order valence-corrected chi connectivity index (χ3v) is 6.55. The Morgan fingerprint density at radius 2 is 2.09 bits per heavy atom. The van der Waals surface area contributed by atoms with Crippen molar-refractivity contribution >= 4 is 33.8 Å². The number of carbonyl (C=O) groups excluding carboxylic acids is 1. The van der Waals surface area contributed by atoms with Crippen molar-refractivity contribution in [2.24, 2.45) is 5.92 Å². The second-order valence-corrected chi connectivity index (χ2v) is 9.10. The molecule has 2 fully saturated rings. The van der Waals surface area contributed by atoms with Gasteiger partial charge >= 0.3 is 0 Å².